The van der Waals surface area contributed by atoms with Gasteiger partial charge in [0, 0.05) is 25.9 Å². The number of aromatic nitrogens is 3. The maximum atomic E-state index is 12.5. The van der Waals surface area contributed by atoms with Crippen LogP contribution in [-0.2, 0) is 23.5 Å². The van der Waals surface area contributed by atoms with Crippen molar-refractivity contribution in [1.29, 1.82) is 5.26 Å². The van der Waals surface area contributed by atoms with Gasteiger partial charge in [0.25, 0.3) is 10.0 Å². The molecule has 0 saturated carbocycles. The predicted molar refractivity (Wildman–Crippen MR) is 110 cm³/mol. The van der Waals surface area contributed by atoms with Crippen molar-refractivity contribution >= 4 is 26.7 Å². The lowest BCUT2D eigenvalue weighted by atomic mass is 10.1. The van der Waals surface area contributed by atoms with Crippen molar-refractivity contribution in [1.82, 2.24) is 14.5 Å². The van der Waals surface area contributed by atoms with Gasteiger partial charge in [0.15, 0.2) is 0 Å². The summed E-state index contributed by atoms with van der Waals surface area (Å²) in [6, 6.07) is 17.8. The van der Waals surface area contributed by atoms with Crippen molar-refractivity contribution in [3.8, 4) is 6.07 Å². The van der Waals surface area contributed by atoms with Gasteiger partial charge in [-0.25, -0.2) is 13.4 Å². The van der Waals surface area contributed by atoms with Crippen molar-refractivity contribution in [2.75, 3.05) is 4.72 Å². The van der Waals surface area contributed by atoms with Gasteiger partial charge in [-0.15, -0.1) is 0 Å². The van der Waals surface area contributed by atoms with Gasteiger partial charge in [-0.3, -0.25) is 9.71 Å². The molecular formula is C21H17N5O2S. The number of sulfonamides is 1. The molecule has 0 aliphatic rings. The van der Waals surface area contributed by atoms with Crippen LogP contribution in [0.15, 0.2) is 71.9 Å². The summed E-state index contributed by atoms with van der Waals surface area (Å²) in [6.07, 6.45) is 3.43. The molecule has 0 aliphatic heterocycles. The average molecular weight is 403 g/mol. The molecule has 0 saturated heterocycles. The second-order valence-corrected chi connectivity index (χ2v) is 8.25. The third kappa shape index (κ3) is 3.81. The van der Waals surface area contributed by atoms with Crippen LogP contribution in [0.25, 0.3) is 11.0 Å². The monoisotopic (exact) mass is 403 g/mol. The molecule has 29 heavy (non-hydrogen) atoms. The van der Waals surface area contributed by atoms with Crippen molar-refractivity contribution in [3.05, 3.63) is 83.9 Å². The highest BCUT2D eigenvalue weighted by molar-refractivity contribution is 7.92. The number of anilines is 1. The van der Waals surface area contributed by atoms with E-state index >= 15 is 0 Å². The number of hydrogen-bond acceptors (Lipinski definition) is 5. The number of rotatable bonds is 5. The lowest BCUT2D eigenvalue weighted by Gasteiger charge is -2.07. The first-order chi connectivity index (χ1) is 14.0. The van der Waals surface area contributed by atoms with E-state index in [-0.39, 0.29) is 4.90 Å². The second kappa shape index (κ2) is 7.37. The maximum absolute atomic E-state index is 12.5. The van der Waals surface area contributed by atoms with Crippen molar-refractivity contribution in [2.45, 2.75) is 11.3 Å². The molecule has 4 aromatic rings. The number of pyridine rings is 1. The number of benzene rings is 2. The lowest BCUT2D eigenvalue weighted by molar-refractivity contribution is 0.601. The van der Waals surface area contributed by atoms with Crippen LogP contribution in [0.4, 0.5) is 5.69 Å². The van der Waals surface area contributed by atoms with E-state index in [2.05, 4.69) is 20.8 Å². The minimum Gasteiger partial charge on any atom is -0.331 e. The molecule has 0 amide bonds. The number of aryl methyl sites for hydroxylation is 1. The molecule has 4 rings (SSSR count). The van der Waals surface area contributed by atoms with Gasteiger partial charge >= 0.3 is 0 Å². The van der Waals surface area contributed by atoms with Crippen LogP contribution in [0.1, 0.15) is 17.0 Å². The number of nitrogens with one attached hydrogen (secondary N) is 1. The Morgan fingerprint density at radius 3 is 2.62 bits per heavy atom. The summed E-state index contributed by atoms with van der Waals surface area (Å²) in [5.74, 6) is 0.844. The lowest BCUT2D eigenvalue weighted by Crippen LogP contribution is -2.13. The van der Waals surface area contributed by atoms with E-state index in [0.717, 1.165) is 16.9 Å². The van der Waals surface area contributed by atoms with E-state index in [4.69, 9.17) is 5.26 Å². The minimum atomic E-state index is -3.71. The first kappa shape index (κ1) is 18.7. The molecule has 0 unspecified atom stereocenters. The molecule has 0 aliphatic carbocycles. The zero-order valence-electron chi connectivity index (χ0n) is 15.6. The number of hydrogen-bond donors (Lipinski definition) is 1. The van der Waals surface area contributed by atoms with Crippen LogP contribution in [0, 0.1) is 11.3 Å². The zero-order valence-corrected chi connectivity index (χ0v) is 16.4. The molecule has 8 heteroatoms. The molecule has 2 aromatic heterocycles. The number of nitrogens with zero attached hydrogens (tertiary/aromatic N) is 4. The Bertz CT molecular complexity index is 1320. The fourth-order valence-electron chi connectivity index (χ4n) is 3.07. The summed E-state index contributed by atoms with van der Waals surface area (Å²) in [6.45, 7) is 0. The normalized spacial score (nSPS) is 11.3. The third-order valence-electron chi connectivity index (χ3n) is 4.62. The molecule has 0 atom stereocenters. The summed E-state index contributed by atoms with van der Waals surface area (Å²) in [4.78, 5) is 8.62. The van der Waals surface area contributed by atoms with Gasteiger partial charge in [-0.1, -0.05) is 12.1 Å². The van der Waals surface area contributed by atoms with Crippen LogP contribution < -0.4 is 4.72 Å². The quantitative estimate of drug-likeness (QED) is 0.551. The minimum absolute atomic E-state index is 0.0997. The van der Waals surface area contributed by atoms with Crippen LogP contribution in [0.5, 0.6) is 0 Å². The van der Waals surface area contributed by atoms with Crippen molar-refractivity contribution in [3.63, 3.8) is 0 Å². The van der Waals surface area contributed by atoms with Crippen molar-refractivity contribution < 1.29 is 8.42 Å². The van der Waals surface area contributed by atoms with Crippen LogP contribution in [0.3, 0.4) is 0 Å². The van der Waals surface area contributed by atoms with Crippen molar-refractivity contribution in [2.24, 2.45) is 7.05 Å². The highest BCUT2D eigenvalue weighted by Gasteiger charge is 2.15. The molecule has 144 valence electrons. The van der Waals surface area contributed by atoms with Crippen LogP contribution >= 0.6 is 0 Å². The Hall–Kier alpha value is -3.70. The highest BCUT2D eigenvalue weighted by atomic mass is 32.2. The third-order valence-corrected chi connectivity index (χ3v) is 5.98. The largest absolute Gasteiger partial charge is 0.331 e. The fourth-order valence-corrected chi connectivity index (χ4v) is 4.08. The maximum Gasteiger partial charge on any atom is 0.263 e. The van der Waals surface area contributed by atoms with E-state index in [1.807, 2.05) is 29.8 Å². The van der Waals surface area contributed by atoms with E-state index in [9.17, 15) is 8.42 Å². The van der Waals surface area contributed by atoms with E-state index in [1.54, 1.807) is 30.3 Å². The second-order valence-electron chi connectivity index (χ2n) is 6.57. The van der Waals surface area contributed by atoms with Gasteiger partial charge in [-0.05, 0) is 48.0 Å². The first-order valence-corrected chi connectivity index (χ1v) is 10.3. The molecule has 2 heterocycles. The van der Waals surface area contributed by atoms with Gasteiger partial charge in [0.2, 0.25) is 0 Å². The molecule has 7 nitrogen and oxygen atoms in total. The smallest absolute Gasteiger partial charge is 0.263 e. The Labute approximate surface area is 168 Å². The van der Waals surface area contributed by atoms with Gasteiger partial charge < -0.3 is 4.57 Å². The topological polar surface area (TPSA) is 101 Å². The number of imidazole rings is 1. The van der Waals surface area contributed by atoms with E-state index in [1.165, 1.54) is 18.5 Å². The average Bonchev–Trinajstić information content (AvgIpc) is 3.03. The molecule has 1 N–H and O–H groups in total. The van der Waals surface area contributed by atoms with Gasteiger partial charge in [0.05, 0.1) is 28.4 Å². The summed E-state index contributed by atoms with van der Waals surface area (Å²) >= 11 is 0. The summed E-state index contributed by atoms with van der Waals surface area (Å²) in [5.41, 5.74) is 3.69. The number of nitriles is 1. The summed E-state index contributed by atoms with van der Waals surface area (Å²) in [5, 5.41) is 8.92. The van der Waals surface area contributed by atoms with Gasteiger partial charge in [-0.2, -0.15) is 5.26 Å². The molecule has 2 aromatic carbocycles. The first-order valence-electron chi connectivity index (χ1n) is 8.83. The Morgan fingerprint density at radius 2 is 1.93 bits per heavy atom. The van der Waals surface area contributed by atoms with Crippen LogP contribution in [-0.4, -0.2) is 23.0 Å². The summed E-state index contributed by atoms with van der Waals surface area (Å²) in [7, 11) is -1.79. The predicted octanol–water partition coefficient (Wildman–Crippen LogP) is 3.23. The Balaban J connectivity index is 1.62. The molecule has 0 spiro atoms. The molecular weight excluding hydrogens is 386 g/mol. The van der Waals surface area contributed by atoms with Gasteiger partial charge in [0.1, 0.15) is 10.7 Å². The fraction of sp³-hybridized carbons (Fsp3) is 0.0952. The SMILES string of the molecule is Cn1c(Cc2ccc(C#N)cc2)nc2cc(NS(=O)(=O)c3cccnc3)ccc21. The summed E-state index contributed by atoms with van der Waals surface area (Å²) < 4.78 is 29.6. The molecule has 0 fully saturated rings. The standard InChI is InChI=1S/C21H17N5O2S/c1-26-20-9-8-17(25-29(27,28)18-3-2-10-23-14-18)12-19(20)24-21(26)11-15-4-6-16(13-22)7-5-15/h2-10,12,14,25H,11H2,1H3. The number of fused-ring (bicyclic) bond motifs is 1. The van der Waals surface area contributed by atoms with Crippen LogP contribution in [0.2, 0.25) is 0 Å². The zero-order chi connectivity index (χ0) is 20.4. The highest BCUT2D eigenvalue weighted by Crippen LogP contribution is 2.23. The van der Waals surface area contributed by atoms with E-state index < -0.39 is 10.0 Å². The Morgan fingerprint density at radius 1 is 1.14 bits per heavy atom. The molecule has 0 bridgehead atoms. The molecule has 0 radical (unpaired) electrons. The van der Waals surface area contributed by atoms with E-state index in [0.29, 0.717) is 23.2 Å². The Kier molecular flexibility index (Phi) is 4.74.